The van der Waals surface area contributed by atoms with E-state index in [1.165, 1.54) is 4.90 Å². The highest BCUT2D eigenvalue weighted by Gasteiger charge is 2.34. The van der Waals surface area contributed by atoms with Crippen molar-refractivity contribution in [1.82, 2.24) is 19.3 Å². The van der Waals surface area contributed by atoms with Crippen LogP contribution in [0, 0.1) is 0 Å². The lowest BCUT2D eigenvalue weighted by Gasteiger charge is -2.37. The Labute approximate surface area is 132 Å². The summed E-state index contributed by atoms with van der Waals surface area (Å²) in [5.41, 5.74) is 0.736. The van der Waals surface area contributed by atoms with Gasteiger partial charge in [-0.3, -0.25) is 4.40 Å². The van der Waals surface area contributed by atoms with E-state index in [0.717, 1.165) is 24.2 Å². The van der Waals surface area contributed by atoms with Gasteiger partial charge in [-0.2, -0.15) is 0 Å². The monoisotopic (exact) mass is 324 g/mol. The molecule has 118 valence electrons. The number of rotatable bonds is 3. The number of hydrogen-bond acceptors (Lipinski definition) is 4. The van der Waals surface area contributed by atoms with Gasteiger partial charge in [-0.25, -0.2) is 14.8 Å². The topological polar surface area (TPSA) is 80.0 Å². The van der Waals surface area contributed by atoms with Gasteiger partial charge in [0.15, 0.2) is 5.15 Å². The molecule has 2 aromatic rings. The highest BCUT2D eigenvalue weighted by molar-refractivity contribution is 6.32. The third kappa shape index (κ3) is 2.62. The zero-order valence-corrected chi connectivity index (χ0v) is 12.9. The van der Waals surface area contributed by atoms with Crippen LogP contribution >= 0.6 is 11.6 Å². The molecule has 7 nitrogen and oxygen atoms in total. The van der Waals surface area contributed by atoms with Crippen molar-refractivity contribution in [1.29, 1.82) is 0 Å². The molecule has 1 saturated heterocycles. The summed E-state index contributed by atoms with van der Waals surface area (Å²) < 4.78 is 7.01. The number of ether oxygens (including phenoxy) is 1. The highest BCUT2D eigenvalue weighted by atomic mass is 35.5. The Bertz CT molecular complexity index is 690. The van der Waals surface area contributed by atoms with Crippen LogP contribution in [-0.4, -0.2) is 56.8 Å². The number of nitrogens with zero attached hydrogens (tertiary/aromatic N) is 4. The summed E-state index contributed by atoms with van der Waals surface area (Å²) in [6.45, 7) is 0.819. The molecule has 3 rings (SSSR count). The van der Waals surface area contributed by atoms with E-state index in [4.69, 9.17) is 16.3 Å². The molecular formula is C14H17ClN4O3. The average molecular weight is 325 g/mol. The van der Waals surface area contributed by atoms with Gasteiger partial charge in [0.2, 0.25) is 0 Å². The van der Waals surface area contributed by atoms with Crippen molar-refractivity contribution in [3.8, 4) is 0 Å². The van der Waals surface area contributed by atoms with Crippen LogP contribution in [-0.2, 0) is 4.74 Å². The molecule has 2 aromatic heterocycles. The molecule has 1 aliphatic heterocycles. The Morgan fingerprint density at radius 3 is 3.05 bits per heavy atom. The van der Waals surface area contributed by atoms with Crippen LogP contribution in [0.3, 0.4) is 0 Å². The first-order valence-corrected chi connectivity index (χ1v) is 7.45. The summed E-state index contributed by atoms with van der Waals surface area (Å²) in [7, 11) is 1.59. The maximum atomic E-state index is 11.5. The second-order valence-corrected chi connectivity index (χ2v) is 5.77. The standard InChI is InChI=1S/C14H17ClN4O3/c1-22-8-10-3-2-9(7-19(10)14(20)21)13-17-6-11-12(15)16-4-5-18(11)13/h4-6,9-10H,2-3,7-8H2,1H3,(H,20,21). The van der Waals surface area contributed by atoms with E-state index in [9.17, 15) is 9.90 Å². The molecule has 0 aliphatic carbocycles. The number of amides is 1. The molecule has 1 N–H and O–H groups in total. The van der Waals surface area contributed by atoms with Gasteiger partial charge >= 0.3 is 6.09 Å². The van der Waals surface area contributed by atoms with Crippen LogP contribution < -0.4 is 0 Å². The highest BCUT2D eigenvalue weighted by Crippen LogP contribution is 2.30. The lowest BCUT2D eigenvalue weighted by Crippen LogP contribution is -2.48. The maximum absolute atomic E-state index is 11.5. The average Bonchev–Trinajstić information content (AvgIpc) is 2.93. The van der Waals surface area contributed by atoms with Gasteiger partial charge in [0.05, 0.1) is 18.8 Å². The number of carboxylic acid groups (broad SMARTS) is 1. The number of aromatic nitrogens is 3. The minimum atomic E-state index is -0.924. The second-order valence-electron chi connectivity index (χ2n) is 5.41. The molecule has 2 unspecified atom stereocenters. The van der Waals surface area contributed by atoms with Crippen LogP contribution in [0.1, 0.15) is 24.6 Å². The van der Waals surface area contributed by atoms with E-state index < -0.39 is 6.09 Å². The smallest absolute Gasteiger partial charge is 0.407 e. The van der Waals surface area contributed by atoms with Crippen molar-refractivity contribution < 1.29 is 14.6 Å². The molecule has 0 spiro atoms. The normalized spacial score (nSPS) is 22.2. The molecule has 3 heterocycles. The summed E-state index contributed by atoms with van der Waals surface area (Å²) in [4.78, 5) is 21.4. The van der Waals surface area contributed by atoms with E-state index >= 15 is 0 Å². The van der Waals surface area contributed by atoms with Crippen molar-refractivity contribution in [2.45, 2.75) is 24.8 Å². The van der Waals surface area contributed by atoms with E-state index in [0.29, 0.717) is 18.3 Å². The van der Waals surface area contributed by atoms with Crippen LogP contribution in [0.5, 0.6) is 0 Å². The van der Waals surface area contributed by atoms with E-state index in [-0.39, 0.29) is 12.0 Å². The van der Waals surface area contributed by atoms with Gasteiger partial charge in [0.25, 0.3) is 0 Å². The van der Waals surface area contributed by atoms with E-state index in [2.05, 4.69) is 9.97 Å². The Hall–Kier alpha value is -1.86. The van der Waals surface area contributed by atoms with Gasteiger partial charge in [-0.05, 0) is 12.8 Å². The third-order valence-electron chi connectivity index (χ3n) is 4.12. The van der Waals surface area contributed by atoms with E-state index in [1.54, 1.807) is 25.7 Å². The van der Waals surface area contributed by atoms with Crippen molar-refractivity contribution in [3.05, 3.63) is 29.6 Å². The van der Waals surface area contributed by atoms with Gasteiger partial charge in [0, 0.05) is 32.0 Å². The first-order valence-electron chi connectivity index (χ1n) is 7.07. The number of hydrogen-bond donors (Lipinski definition) is 1. The minimum absolute atomic E-state index is 0.0326. The number of likely N-dealkylation sites (tertiary alicyclic amines) is 1. The SMILES string of the molecule is COCC1CCC(c2ncc3c(Cl)nccn23)CN1C(=O)O. The van der Waals surface area contributed by atoms with Crippen LogP contribution in [0.25, 0.3) is 5.52 Å². The Kier molecular flexibility index (Phi) is 4.17. The zero-order chi connectivity index (χ0) is 15.7. The van der Waals surface area contributed by atoms with Gasteiger partial charge < -0.3 is 14.7 Å². The first kappa shape index (κ1) is 15.1. The molecular weight excluding hydrogens is 308 g/mol. The number of methoxy groups -OCH3 is 1. The molecule has 1 amide bonds. The fourth-order valence-corrected chi connectivity index (χ4v) is 3.25. The quantitative estimate of drug-likeness (QED) is 0.936. The Balaban J connectivity index is 1.89. The Morgan fingerprint density at radius 1 is 1.50 bits per heavy atom. The molecule has 2 atom stereocenters. The van der Waals surface area contributed by atoms with Gasteiger partial charge in [-0.15, -0.1) is 0 Å². The minimum Gasteiger partial charge on any atom is -0.465 e. The first-order chi connectivity index (χ1) is 10.6. The third-order valence-corrected chi connectivity index (χ3v) is 4.41. The second kappa shape index (κ2) is 6.10. The van der Waals surface area contributed by atoms with E-state index in [1.807, 2.05) is 4.40 Å². The van der Waals surface area contributed by atoms with Crippen molar-refractivity contribution in [2.24, 2.45) is 0 Å². The maximum Gasteiger partial charge on any atom is 0.407 e. The molecule has 0 saturated carbocycles. The fraction of sp³-hybridized carbons (Fsp3) is 0.500. The summed E-state index contributed by atoms with van der Waals surface area (Å²) in [6, 6.07) is -0.102. The number of imidazole rings is 1. The summed E-state index contributed by atoms with van der Waals surface area (Å²) in [6.07, 6.45) is 5.78. The predicted molar refractivity (Wildman–Crippen MR) is 80.4 cm³/mol. The molecule has 0 aromatic carbocycles. The molecule has 22 heavy (non-hydrogen) atoms. The Morgan fingerprint density at radius 2 is 2.32 bits per heavy atom. The molecule has 1 fully saturated rings. The van der Waals surface area contributed by atoms with Gasteiger partial charge in [-0.1, -0.05) is 11.6 Å². The number of fused-ring (bicyclic) bond motifs is 1. The van der Waals surface area contributed by atoms with Crippen LogP contribution in [0.2, 0.25) is 5.15 Å². The van der Waals surface area contributed by atoms with Crippen LogP contribution in [0.4, 0.5) is 4.79 Å². The number of piperidine rings is 1. The van der Waals surface area contributed by atoms with Crippen molar-refractivity contribution in [2.75, 3.05) is 20.3 Å². The molecule has 1 aliphatic rings. The van der Waals surface area contributed by atoms with Crippen LogP contribution in [0.15, 0.2) is 18.6 Å². The largest absolute Gasteiger partial charge is 0.465 e. The summed E-state index contributed by atoms with van der Waals surface area (Å²) >= 11 is 6.06. The molecule has 0 bridgehead atoms. The number of carbonyl (C=O) groups is 1. The lowest BCUT2D eigenvalue weighted by molar-refractivity contribution is 0.0543. The lowest BCUT2D eigenvalue weighted by atomic mass is 9.92. The van der Waals surface area contributed by atoms with Gasteiger partial charge in [0.1, 0.15) is 11.3 Å². The summed E-state index contributed by atoms with van der Waals surface area (Å²) in [5, 5.41) is 9.81. The number of halogens is 1. The predicted octanol–water partition coefficient (Wildman–Crippen LogP) is 2.26. The summed E-state index contributed by atoms with van der Waals surface area (Å²) in [5.74, 6) is 0.853. The van der Waals surface area contributed by atoms with Crippen molar-refractivity contribution >= 4 is 23.2 Å². The molecule has 0 radical (unpaired) electrons. The molecule has 8 heteroatoms. The van der Waals surface area contributed by atoms with Crippen molar-refractivity contribution in [3.63, 3.8) is 0 Å². The fourth-order valence-electron chi connectivity index (χ4n) is 3.06. The zero-order valence-electron chi connectivity index (χ0n) is 12.1.